The molecule has 1 amide bonds. The van der Waals surface area contributed by atoms with E-state index < -0.39 is 0 Å². The number of ether oxygens (including phenoxy) is 1. The first-order valence-corrected chi connectivity index (χ1v) is 7.12. The third kappa shape index (κ3) is 4.95. The summed E-state index contributed by atoms with van der Waals surface area (Å²) in [6.45, 7) is 2.61. The molecule has 0 unspecified atom stereocenters. The van der Waals surface area contributed by atoms with E-state index in [9.17, 15) is 4.79 Å². The number of rotatable bonds is 6. The van der Waals surface area contributed by atoms with Crippen LogP contribution >= 0.6 is 0 Å². The monoisotopic (exact) mass is 283 g/mol. The van der Waals surface area contributed by atoms with Crippen molar-refractivity contribution in [2.45, 2.75) is 26.3 Å². The Morgan fingerprint density at radius 3 is 2.52 bits per heavy atom. The van der Waals surface area contributed by atoms with Gasteiger partial charge >= 0.3 is 0 Å². The second-order valence-electron chi connectivity index (χ2n) is 5.11. The number of amides is 1. The molecule has 2 aromatic rings. The number of benzene rings is 2. The molecule has 0 radical (unpaired) electrons. The lowest BCUT2D eigenvalue weighted by molar-refractivity contribution is -0.121. The van der Waals surface area contributed by atoms with E-state index in [2.05, 4.69) is 30.4 Å². The topological polar surface area (TPSA) is 38.3 Å². The van der Waals surface area contributed by atoms with Crippen molar-refractivity contribution in [1.82, 2.24) is 5.32 Å². The number of hydrogen-bond acceptors (Lipinski definition) is 2. The van der Waals surface area contributed by atoms with Crippen molar-refractivity contribution >= 4 is 5.91 Å². The van der Waals surface area contributed by atoms with Crippen LogP contribution in [0.2, 0.25) is 0 Å². The van der Waals surface area contributed by atoms with E-state index in [-0.39, 0.29) is 5.91 Å². The zero-order valence-corrected chi connectivity index (χ0v) is 12.6. The molecule has 0 fully saturated rings. The fraction of sp³-hybridized carbons (Fsp3) is 0.278. The average Bonchev–Trinajstić information content (AvgIpc) is 2.51. The summed E-state index contributed by atoms with van der Waals surface area (Å²) in [6.07, 6.45) is 1.29. The molecule has 0 heterocycles. The second kappa shape index (κ2) is 7.48. The fourth-order valence-electron chi connectivity index (χ4n) is 2.16. The Balaban J connectivity index is 1.76. The van der Waals surface area contributed by atoms with E-state index in [0.29, 0.717) is 13.0 Å². The smallest absolute Gasteiger partial charge is 0.220 e. The standard InChI is InChI=1S/C18H21NO2/c1-14-4-3-5-15(12-14)8-11-18(20)19-13-16-6-9-17(21-2)10-7-16/h3-7,9-10,12H,8,11,13H2,1-2H3,(H,19,20). The van der Waals surface area contributed by atoms with Crippen LogP contribution < -0.4 is 10.1 Å². The molecule has 0 bridgehead atoms. The van der Waals surface area contributed by atoms with Crippen LogP contribution in [0.5, 0.6) is 5.75 Å². The molecule has 0 atom stereocenters. The molecule has 2 aromatic carbocycles. The first-order chi connectivity index (χ1) is 10.2. The number of hydrogen-bond donors (Lipinski definition) is 1. The van der Waals surface area contributed by atoms with Crippen molar-refractivity contribution in [3.63, 3.8) is 0 Å². The summed E-state index contributed by atoms with van der Waals surface area (Å²) < 4.78 is 5.10. The van der Waals surface area contributed by atoms with Crippen LogP contribution in [0.25, 0.3) is 0 Å². The lowest BCUT2D eigenvalue weighted by Crippen LogP contribution is -2.22. The van der Waals surface area contributed by atoms with Crippen molar-refractivity contribution in [2.75, 3.05) is 7.11 Å². The van der Waals surface area contributed by atoms with Gasteiger partial charge in [-0.2, -0.15) is 0 Å². The number of carbonyl (C=O) groups excluding carboxylic acids is 1. The van der Waals surface area contributed by atoms with E-state index in [0.717, 1.165) is 17.7 Å². The molecule has 110 valence electrons. The Labute approximate surface area is 126 Å². The van der Waals surface area contributed by atoms with Gasteiger partial charge in [0.05, 0.1) is 7.11 Å². The van der Waals surface area contributed by atoms with Gasteiger partial charge in [0.25, 0.3) is 0 Å². The third-order valence-corrected chi connectivity index (χ3v) is 3.37. The SMILES string of the molecule is COc1ccc(CNC(=O)CCc2cccc(C)c2)cc1. The molecule has 3 heteroatoms. The van der Waals surface area contributed by atoms with Gasteiger partial charge in [-0.1, -0.05) is 42.0 Å². The Morgan fingerprint density at radius 2 is 1.86 bits per heavy atom. The second-order valence-corrected chi connectivity index (χ2v) is 5.11. The van der Waals surface area contributed by atoms with E-state index in [1.54, 1.807) is 7.11 Å². The molecule has 0 aliphatic rings. The normalized spacial score (nSPS) is 10.2. The Hall–Kier alpha value is -2.29. The van der Waals surface area contributed by atoms with Crippen LogP contribution in [0.3, 0.4) is 0 Å². The van der Waals surface area contributed by atoms with Crippen molar-refractivity contribution in [1.29, 1.82) is 0 Å². The Morgan fingerprint density at radius 1 is 1.10 bits per heavy atom. The van der Waals surface area contributed by atoms with Crippen LogP contribution in [0, 0.1) is 6.92 Å². The van der Waals surface area contributed by atoms with Crippen LogP contribution in [0.15, 0.2) is 48.5 Å². The summed E-state index contributed by atoms with van der Waals surface area (Å²) in [5.74, 6) is 0.900. The summed E-state index contributed by atoms with van der Waals surface area (Å²) in [7, 11) is 1.64. The van der Waals surface area contributed by atoms with Crippen molar-refractivity contribution in [3.05, 3.63) is 65.2 Å². The van der Waals surface area contributed by atoms with Crippen LogP contribution in [0.4, 0.5) is 0 Å². The predicted molar refractivity (Wildman–Crippen MR) is 84.3 cm³/mol. The van der Waals surface area contributed by atoms with Crippen molar-refractivity contribution in [2.24, 2.45) is 0 Å². The van der Waals surface area contributed by atoms with Gasteiger partial charge < -0.3 is 10.1 Å². The minimum Gasteiger partial charge on any atom is -0.497 e. The number of carbonyl (C=O) groups is 1. The lowest BCUT2D eigenvalue weighted by Gasteiger charge is -2.07. The molecule has 0 saturated heterocycles. The van der Waals surface area contributed by atoms with Gasteiger partial charge in [0, 0.05) is 13.0 Å². The maximum Gasteiger partial charge on any atom is 0.220 e. The van der Waals surface area contributed by atoms with Gasteiger partial charge in [0.15, 0.2) is 0 Å². The lowest BCUT2D eigenvalue weighted by atomic mass is 10.1. The maximum absolute atomic E-state index is 11.9. The van der Waals surface area contributed by atoms with Gasteiger partial charge in [0.2, 0.25) is 5.91 Å². The van der Waals surface area contributed by atoms with E-state index in [1.165, 1.54) is 11.1 Å². The summed E-state index contributed by atoms with van der Waals surface area (Å²) in [4.78, 5) is 11.9. The molecule has 0 aromatic heterocycles. The summed E-state index contributed by atoms with van der Waals surface area (Å²) >= 11 is 0. The average molecular weight is 283 g/mol. The third-order valence-electron chi connectivity index (χ3n) is 3.37. The van der Waals surface area contributed by atoms with E-state index in [4.69, 9.17) is 4.74 Å². The molecule has 21 heavy (non-hydrogen) atoms. The Bertz CT molecular complexity index is 590. The van der Waals surface area contributed by atoms with Gasteiger partial charge in [-0.05, 0) is 36.6 Å². The molecule has 0 aliphatic heterocycles. The molecular weight excluding hydrogens is 262 g/mol. The minimum atomic E-state index is 0.0762. The molecule has 1 N–H and O–H groups in total. The number of nitrogens with one attached hydrogen (secondary N) is 1. The van der Waals surface area contributed by atoms with E-state index >= 15 is 0 Å². The van der Waals surface area contributed by atoms with Crippen LogP contribution in [-0.4, -0.2) is 13.0 Å². The number of methoxy groups -OCH3 is 1. The minimum absolute atomic E-state index is 0.0762. The molecule has 3 nitrogen and oxygen atoms in total. The van der Waals surface area contributed by atoms with Gasteiger partial charge in [0.1, 0.15) is 5.75 Å². The number of aryl methyl sites for hydroxylation is 2. The van der Waals surface area contributed by atoms with Gasteiger partial charge in [-0.25, -0.2) is 0 Å². The predicted octanol–water partition coefficient (Wildman–Crippen LogP) is 3.25. The Kier molecular flexibility index (Phi) is 5.38. The molecule has 0 saturated carbocycles. The maximum atomic E-state index is 11.9. The molecule has 2 rings (SSSR count). The zero-order chi connectivity index (χ0) is 15.1. The molecular formula is C18H21NO2. The highest BCUT2D eigenvalue weighted by Crippen LogP contribution is 2.11. The fourth-order valence-corrected chi connectivity index (χ4v) is 2.16. The van der Waals surface area contributed by atoms with E-state index in [1.807, 2.05) is 30.3 Å². The summed E-state index contributed by atoms with van der Waals surface area (Å²) in [5.41, 5.74) is 3.50. The molecule has 0 spiro atoms. The van der Waals surface area contributed by atoms with Gasteiger partial charge in [-0.15, -0.1) is 0 Å². The highest BCUT2D eigenvalue weighted by molar-refractivity contribution is 5.76. The summed E-state index contributed by atoms with van der Waals surface area (Å²) in [5, 5.41) is 2.94. The largest absolute Gasteiger partial charge is 0.497 e. The van der Waals surface area contributed by atoms with Gasteiger partial charge in [-0.3, -0.25) is 4.79 Å². The first kappa shape index (κ1) is 15.1. The van der Waals surface area contributed by atoms with Crippen LogP contribution in [-0.2, 0) is 17.8 Å². The first-order valence-electron chi connectivity index (χ1n) is 7.12. The van der Waals surface area contributed by atoms with Crippen molar-refractivity contribution < 1.29 is 9.53 Å². The zero-order valence-electron chi connectivity index (χ0n) is 12.6. The van der Waals surface area contributed by atoms with Crippen molar-refractivity contribution in [3.8, 4) is 5.75 Å². The highest BCUT2D eigenvalue weighted by Gasteiger charge is 2.03. The molecule has 0 aliphatic carbocycles. The quantitative estimate of drug-likeness (QED) is 0.883. The summed E-state index contributed by atoms with van der Waals surface area (Å²) in [6, 6.07) is 16.0. The highest BCUT2D eigenvalue weighted by atomic mass is 16.5. The van der Waals surface area contributed by atoms with Crippen LogP contribution in [0.1, 0.15) is 23.1 Å².